The van der Waals surface area contributed by atoms with Crippen LogP contribution in [0.3, 0.4) is 0 Å². The smallest absolute Gasteiger partial charge is 0.164 e. The predicted molar refractivity (Wildman–Crippen MR) is 193 cm³/mol. The standard InChI is InChI=1S/C42H25N5O/c1-3-9-27(10-4-1)40-44-41(28-16-15-26-18-20-37-39(33(26)23-28)32-21-22-43-25-38(32)48-37)46-42(45-40)29-17-19-36-34(24-29)31-13-7-8-14-35(31)47(36)30-11-5-2-6-12-30/h1-25H. The van der Waals surface area contributed by atoms with E-state index in [4.69, 9.17) is 19.4 Å². The minimum absolute atomic E-state index is 0.610. The number of hydrogen-bond acceptors (Lipinski definition) is 5. The molecule has 0 N–H and O–H groups in total. The highest BCUT2D eigenvalue weighted by Gasteiger charge is 2.18. The van der Waals surface area contributed by atoms with Gasteiger partial charge in [0.15, 0.2) is 23.1 Å². The van der Waals surface area contributed by atoms with Gasteiger partial charge < -0.3 is 8.98 Å². The second-order valence-corrected chi connectivity index (χ2v) is 11.9. The summed E-state index contributed by atoms with van der Waals surface area (Å²) in [5, 5.41) is 6.61. The van der Waals surface area contributed by atoms with E-state index in [0.717, 1.165) is 71.5 Å². The lowest BCUT2D eigenvalue weighted by Gasteiger charge is -2.10. The van der Waals surface area contributed by atoms with Crippen LogP contribution in [0.15, 0.2) is 156 Å². The van der Waals surface area contributed by atoms with Crippen molar-refractivity contribution in [2.75, 3.05) is 0 Å². The Morgan fingerprint density at radius 3 is 1.92 bits per heavy atom. The lowest BCUT2D eigenvalue weighted by molar-refractivity contribution is 0.667. The molecule has 0 aliphatic carbocycles. The summed E-state index contributed by atoms with van der Waals surface area (Å²) in [5.41, 5.74) is 7.76. The number of rotatable bonds is 4. The molecule has 0 saturated heterocycles. The van der Waals surface area contributed by atoms with Crippen LogP contribution in [0.1, 0.15) is 0 Å². The first-order chi connectivity index (χ1) is 23.8. The Labute approximate surface area is 274 Å². The van der Waals surface area contributed by atoms with E-state index in [2.05, 4.69) is 101 Å². The van der Waals surface area contributed by atoms with Crippen LogP contribution >= 0.6 is 0 Å². The fourth-order valence-electron chi connectivity index (χ4n) is 6.91. The van der Waals surface area contributed by atoms with Crippen molar-refractivity contribution in [3.63, 3.8) is 0 Å². The zero-order valence-corrected chi connectivity index (χ0v) is 25.6. The molecular formula is C42H25N5O. The summed E-state index contributed by atoms with van der Waals surface area (Å²) < 4.78 is 8.46. The van der Waals surface area contributed by atoms with E-state index >= 15 is 0 Å². The van der Waals surface area contributed by atoms with Crippen LogP contribution in [0.2, 0.25) is 0 Å². The maximum absolute atomic E-state index is 6.15. The zero-order valence-electron chi connectivity index (χ0n) is 25.6. The molecule has 6 aromatic carbocycles. The SMILES string of the molecule is c1ccc(-c2nc(-c3ccc4ccc5oc6cnccc6c5c4c3)nc(-c3ccc4c(c3)c3ccccc3n4-c3ccccc3)n2)cc1. The molecular weight excluding hydrogens is 590 g/mol. The number of pyridine rings is 1. The molecule has 4 heterocycles. The summed E-state index contributed by atoms with van der Waals surface area (Å²) in [6.07, 6.45) is 3.57. The Balaban J connectivity index is 1.20. The average Bonchev–Trinajstić information content (AvgIpc) is 3.71. The van der Waals surface area contributed by atoms with Crippen molar-refractivity contribution in [2.45, 2.75) is 0 Å². The quantitative estimate of drug-likeness (QED) is 0.197. The molecule has 0 unspecified atom stereocenters. The third-order valence-electron chi connectivity index (χ3n) is 9.13. The molecule has 0 radical (unpaired) electrons. The van der Waals surface area contributed by atoms with E-state index in [1.54, 1.807) is 12.4 Å². The van der Waals surface area contributed by atoms with E-state index in [9.17, 15) is 0 Å². The number of furan rings is 1. The summed E-state index contributed by atoms with van der Waals surface area (Å²) in [7, 11) is 0. The maximum Gasteiger partial charge on any atom is 0.164 e. The van der Waals surface area contributed by atoms with Gasteiger partial charge in [-0.25, -0.2) is 15.0 Å². The molecule has 10 aromatic rings. The van der Waals surface area contributed by atoms with Crippen molar-refractivity contribution in [1.29, 1.82) is 0 Å². The van der Waals surface area contributed by atoms with Crippen LogP contribution in [0.5, 0.6) is 0 Å². The number of hydrogen-bond donors (Lipinski definition) is 0. The Bertz CT molecular complexity index is 2840. The van der Waals surface area contributed by atoms with E-state index in [1.165, 1.54) is 5.39 Å². The van der Waals surface area contributed by atoms with Crippen molar-refractivity contribution in [3.8, 4) is 39.9 Å². The lowest BCUT2D eigenvalue weighted by atomic mass is 10.0. The molecule has 0 saturated carbocycles. The van der Waals surface area contributed by atoms with Crippen molar-refractivity contribution in [3.05, 3.63) is 152 Å². The average molecular weight is 616 g/mol. The third kappa shape index (κ3) is 4.13. The van der Waals surface area contributed by atoms with Gasteiger partial charge in [-0.15, -0.1) is 0 Å². The minimum Gasteiger partial charge on any atom is -0.454 e. The maximum atomic E-state index is 6.15. The van der Waals surface area contributed by atoms with Gasteiger partial charge in [0.1, 0.15) is 5.58 Å². The van der Waals surface area contributed by atoms with E-state index in [-0.39, 0.29) is 0 Å². The highest BCUT2D eigenvalue weighted by atomic mass is 16.3. The molecule has 4 aromatic heterocycles. The van der Waals surface area contributed by atoms with Gasteiger partial charge in [-0.1, -0.05) is 84.9 Å². The Hall–Kier alpha value is -6.66. The monoisotopic (exact) mass is 615 g/mol. The van der Waals surface area contributed by atoms with Gasteiger partial charge in [0.25, 0.3) is 0 Å². The number of aromatic nitrogens is 5. The van der Waals surface area contributed by atoms with Gasteiger partial charge in [0, 0.05) is 50.1 Å². The molecule has 0 spiro atoms. The normalized spacial score (nSPS) is 11.8. The molecule has 0 bridgehead atoms. The van der Waals surface area contributed by atoms with Gasteiger partial charge in [-0.3, -0.25) is 4.98 Å². The minimum atomic E-state index is 0.610. The fraction of sp³-hybridized carbons (Fsp3) is 0. The van der Waals surface area contributed by atoms with Gasteiger partial charge in [-0.05, 0) is 65.4 Å². The van der Waals surface area contributed by atoms with Crippen LogP contribution in [0, 0.1) is 0 Å². The van der Waals surface area contributed by atoms with E-state index in [1.807, 2.05) is 48.5 Å². The third-order valence-corrected chi connectivity index (χ3v) is 9.13. The van der Waals surface area contributed by atoms with Crippen LogP contribution in [-0.2, 0) is 0 Å². The van der Waals surface area contributed by atoms with E-state index < -0.39 is 0 Å². The fourth-order valence-corrected chi connectivity index (χ4v) is 6.91. The lowest BCUT2D eigenvalue weighted by Crippen LogP contribution is -2.00. The molecule has 0 fully saturated rings. The number of nitrogens with zero attached hydrogens (tertiary/aromatic N) is 5. The van der Waals surface area contributed by atoms with Gasteiger partial charge >= 0.3 is 0 Å². The Morgan fingerprint density at radius 1 is 0.458 bits per heavy atom. The first-order valence-corrected chi connectivity index (χ1v) is 15.9. The zero-order chi connectivity index (χ0) is 31.6. The van der Waals surface area contributed by atoms with Crippen molar-refractivity contribution in [1.82, 2.24) is 24.5 Å². The van der Waals surface area contributed by atoms with E-state index in [0.29, 0.717) is 17.5 Å². The topological polar surface area (TPSA) is 69.6 Å². The van der Waals surface area contributed by atoms with Gasteiger partial charge in [-0.2, -0.15) is 0 Å². The van der Waals surface area contributed by atoms with Crippen molar-refractivity contribution in [2.24, 2.45) is 0 Å². The number of benzene rings is 6. The summed E-state index contributed by atoms with van der Waals surface area (Å²) in [4.78, 5) is 19.5. The predicted octanol–water partition coefficient (Wildman–Crippen LogP) is 10.4. The number of para-hydroxylation sites is 2. The van der Waals surface area contributed by atoms with Crippen LogP contribution < -0.4 is 0 Å². The first-order valence-electron chi connectivity index (χ1n) is 15.9. The summed E-state index contributed by atoms with van der Waals surface area (Å²) in [5.74, 6) is 1.86. The van der Waals surface area contributed by atoms with Gasteiger partial charge in [0.2, 0.25) is 0 Å². The van der Waals surface area contributed by atoms with Crippen LogP contribution in [-0.4, -0.2) is 24.5 Å². The summed E-state index contributed by atoms with van der Waals surface area (Å²) in [6.45, 7) is 0. The second kappa shape index (κ2) is 10.4. The van der Waals surface area contributed by atoms with Crippen molar-refractivity contribution < 1.29 is 4.42 Å². The molecule has 0 aliphatic rings. The highest BCUT2D eigenvalue weighted by molar-refractivity contribution is 6.19. The summed E-state index contributed by atoms with van der Waals surface area (Å²) >= 11 is 0. The molecule has 0 amide bonds. The molecule has 0 aliphatic heterocycles. The van der Waals surface area contributed by atoms with Crippen molar-refractivity contribution >= 4 is 54.5 Å². The molecule has 224 valence electrons. The summed E-state index contributed by atoms with van der Waals surface area (Å²) in [6, 6.07) is 48.1. The highest BCUT2D eigenvalue weighted by Crippen LogP contribution is 2.37. The Kier molecular flexibility index (Phi) is 5.77. The second-order valence-electron chi connectivity index (χ2n) is 11.9. The molecule has 6 heteroatoms. The Morgan fingerprint density at radius 2 is 1.10 bits per heavy atom. The molecule has 48 heavy (non-hydrogen) atoms. The largest absolute Gasteiger partial charge is 0.454 e. The first kappa shape index (κ1) is 26.5. The molecule has 0 atom stereocenters. The van der Waals surface area contributed by atoms with Gasteiger partial charge in [0.05, 0.1) is 17.2 Å². The molecule has 10 rings (SSSR count). The van der Waals surface area contributed by atoms with Crippen LogP contribution in [0.25, 0.3) is 94.4 Å². The van der Waals surface area contributed by atoms with Crippen LogP contribution in [0.4, 0.5) is 0 Å². The molecule has 6 nitrogen and oxygen atoms in total. The number of fused-ring (bicyclic) bond motifs is 8.